The number of aryl methyl sites for hydroxylation is 1. The molecule has 2 heterocycles. The number of benzene rings is 3. The van der Waals surface area contributed by atoms with Gasteiger partial charge in [0.25, 0.3) is 5.56 Å². The molecule has 1 saturated heterocycles. The van der Waals surface area contributed by atoms with Crippen molar-refractivity contribution in [2.75, 3.05) is 26.2 Å². The van der Waals surface area contributed by atoms with E-state index in [1.807, 2.05) is 23.1 Å². The van der Waals surface area contributed by atoms with Gasteiger partial charge in [0.2, 0.25) is 5.91 Å². The van der Waals surface area contributed by atoms with E-state index in [1.165, 1.54) is 20.9 Å². The minimum absolute atomic E-state index is 0.0925. The summed E-state index contributed by atoms with van der Waals surface area (Å²) in [6.07, 6.45) is 1.85. The summed E-state index contributed by atoms with van der Waals surface area (Å²) in [5.74, 6) is 0.0925. The van der Waals surface area contributed by atoms with Crippen molar-refractivity contribution in [3.8, 4) is 0 Å². The average Bonchev–Trinajstić information content (AvgIpc) is 2.84. The Hall–Kier alpha value is -3.51. The number of hydrogen-bond acceptors (Lipinski definition) is 4. The van der Waals surface area contributed by atoms with Crippen molar-refractivity contribution in [1.29, 1.82) is 0 Å². The molecule has 0 radical (unpaired) electrons. The van der Waals surface area contributed by atoms with Crippen LogP contribution < -0.4 is 5.56 Å². The fourth-order valence-electron chi connectivity index (χ4n) is 4.47. The van der Waals surface area contributed by atoms with Gasteiger partial charge in [0.15, 0.2) is 0 Å². The number of aromatic nitrogens is 2. The maximum atomic E-state index is 12.8. The predicted octanol–water partition coefficient (Wildman–Crippen LogP) is 3.28. The molecule has 1 aromatic heterocycles. The van der Waals surface area contributed by atoms with Gasteiger partial charge in [-0.05, 0) is 28.5 Å². The van der Waals surface area contributed by atoms with E-state index < -0.39 is 0 Å². The van der Waals surface area contributed by atoms with E-state index in [0.717, 1.165) is 19.6 Å². The number of amides is 1. The number of para-hydroxylation sites is 1. The third-order valence-corrected chi connectivity index (χ3v) is 6.30. The van der Waals surface area contributed by atoms with Crippen LogP contribution in [0, 0.1) is 0 Å². The van der Waals surface area contributed by atoms with Crippen molar-refractivity contribution in [3.05, 3.63) is 89.0 Å². The number of nitrogens with zero attached hydrogens (tertiary/aromatic N) is 4. The van der Waals surface area contributed by atoms with Crippen LogP contribution in [-0.4, -0.2) is 51.4 Å². The molecular weight excluding hydrogens is 400 g/mol. The Morgan fingerprint density at radius 1 is 0.844 bits per heavy atom. The number of piperazine rings is 1. The Kier molecular flexibility index (Phi) is 5.69. The second kappa shape index (κ2) is 8.93. The Labute approximate surface area is 186 Å². The molecular formula is C26H26N4O2. The largest absolute Gasteiger partial charge is 0.340 e. The predicted molar refractivity (Wildman–Crippen MR) is 126 cm³/mol. The van der Waals surface area contributed by atoms with E-state index in [0.29, 0.717) is 37.0 Å². The molecule has 0 bridgehead atoms. The minimum atomic E-state index is -0.0942. The molecule has 5 rings (SSSR count). The lowest BCUT2D eigenvalue weighted by atomic mass is 10.0. The standard InChI is InChI=1S/C26H26N4O2/c31-25(12-13-30-19-27-24-11-4-3-10-23(24)26(30)32)29-16-14-28(15-17-29)18-21-8-5-7-20-6-1-2-9-22(20)21/h1-11,19H,12-18H2. The van der Waals surface area contributed by atoms with Crippen molar-refractivity contribution in [2.24, 2.45) is 0 Å². The zero-order valence-corrected chi connectivity index (χ0v) is 18.0. The summed E-state index contributed by atoms with van der Waals surface area (Å²) < 4.78 is 1.54. The maximum Gasteiger partial charge on any atom is 0.261 e. The summed E-state index contributed by atoms with van der Waals surface area (Å²) in [5, 5.41) is 3.14. The van der Waals surface area contributed by atoms with E-state index in [2.05, 4.69) is 52.3 Å². The second-order valence-electron chi connectivity index (χ2n) is 8.31. The smallest absolute Gasteiger partial charge is 0.261 e. The van der Waals surface area contributed by atoms with Gasteiger partial charge < -0.3 is 4.90 Å². The van der Waals surface area contributed by atoms with E-state index in [-0.39, 0.29) is 11.5 Å². The zero-order valence-electron chi connectivity index (χ0n) is 18.0. The quantitative estimate of drug-likeness (QED) is 0.491. The summed E-state index contributed by atoms with van der Waals surface area (Å²) in [5.41, 5.74) is 1.91. The molecule has 1 fully saturated rings. The van der Waals surface area contributed by atoms with Crippen molar-refractivity contribution in [1.82, 2.24) is 19.4 Å². The highest BCUT2D eigenvalue weighted by atomic mass is 16.2. The molecule has 6 nitrogen and oxygen atoms in total. The SMILES string of the molecule is O=C(CCn1cnc2ccccc2c1=O)N1CCN(Cc2cccc3ccccc23)CC1. The van der Waals surface area contributed by atoms with Crippen LogP contribution in [-0.2, 0) is 17.9 Å². The Balaban J connectivity index is 1.17. The van der Waals surface area contributed by atoms with Gasteiger partial charge in [0.05, 0.1) is 17.2 Å². The molecule has 0 N–H and O–H groups in total. The van der Waals surface area contributed by atoms with Crippen LogP contribution in [0.4, 0.5) is 0 Å². The second-order valence-corrected chi connectivity index (χ2v) is 8.31. The van der Waals surface area contributed by atoms with Crippen molar-refractivity contribution < 1.29 is 4.79 Å². The summed E-state index contributed by atoms with van der Waals surface area (Å²) >= 11 is 0. The topological polar surface area (TPSA) is 58.4 Å². The van der Waals surface area contributed by atoms with E-state index in [9.17, 15) is 9.59 Å². The number of hydrogen-bond donors (Lipinski definition) is 0. The maximum absolute atomic E-state index is 12.8. The van der Waals surface area contributed by atoms with Crippen LogP contribution in [0.5, 0.6) is 0 Å². The lowest BCUT2D eigenvalue weighted by Gasteiger charge is -2.35. The third kappa shape index (κ3) is 4.14. The van der Waals surface area contributed by atoms with Gasteiger partial charge >= 0.3 is 0 Å². The number of fused-ring (bicyclic) bond motifs is 2. The zero-order chi connectivity index (χ0) is 21.9. The van der Waals surface area contributed by atoms with Crippen LogP contribution in [0.2, 0.25) is 0 Å². The molecule has 162 valence electrons. The lowest BCUT2D eigenvalue weighted by Crippen LogP contribution is -2.48. The molecule has 0 atom stereocenters. The lowest BCUT2D eigenvalue weighted by molar-refractivity contribution is -0.133. The number of carbonyl (C=O) groups excluding carboxylic acids is 1. The van der Waals surface area contributed by atoms with Gasteiger partial charge in [-0.3, -0.25) is 19.1 Å². The normalized spacial score (nSPS) is 14.8. The summed E-state index contributed by atoms with van der Waals surface area (Å²) in [4.78, 5) is 34.0. The first kappa shape index (κ1) is 20.4. The molecule has 1 amide bonds. The van der Waals surface area contributed by atoms with Crippen LogP contribution in [0.3, 0.4) is 0 Å². The molecule has 0 saturated carbocycles. The molecule has 3 aromatic carbocycles. The van der Waals surface area contributed by atoms with Gasteiger partial charge in [-0.1, -0.05) is 54.6 Å². The van der Waals surface area contributed by atoms with E-state index in [4.69, 9.17) is 0 Å². The number of carbonyl (C=O) groups is 1. The van der Waals surface area contributed by atoms with Crippen LogP contribution in [0.25, 0.3) is 21.7 Å². The Morgan fingerprint density at radius 2 is 1.56 bits per heavy atom. The average molecular weight is 427 g/mol. The first-order chi connectivity index (χ1) is 15.7. The van der Waals surface area contributed by atoms with E-state index in [1.54, 1.807) is 12.4 Å². The van der Waals surface area contributed by atoms with Gasteiger partial charge in [-0.25, -0.2) is 4.98 Å². The molecule has 1 aliphatic heterocycles. The number of rotatable bonds is 5. The van der Waals surface area contributed by atoms with Crippen LogP contribution >= 0.6 is 0 Å². The summed E-state index contributed by atoms with van der Waals surface area (Å²) in [6, 6.07) is 22.2. The van der Waals surface area contributed by atoms with Crippen molar-refractivity contribution in [3.63, 3.8) is 0 Å². The fraction of sp³-hybridized carbons (Fsp3) is 0.269. The van der Waals surface area contributed by atoms with Gasteiger partial charge in [-0.2, -0.15) is 0 Å². The first-order valence-electron chi connectivity index (χ1n) is 11.1. The molecule has 0 aliphatic carbocycles. The molecule has 0 unspecified atom stereocenters. The van der Waals surface area contributed by atoms with Gasteiger partial charge in [0, 0.05) is 45.7 Å². The van der Waals surface area contributed by atoms with E-state index >= 15 is 0 Å². The highest BCUT2D eigenvalue weighted by molar-refractivity contribution is 5.85. The molecule has 6 heteroatoms. The Bertz CT molecular complexity index is 1320. The minimum Gasteiger partial charge on any atom is -0.340 e. The molecule has 1 aliphatic rings. The van der Waals surface area contributed by atoms with Gasteiger partial charge in [0.1, 0.15) is 0 Å². The van der Waals surface area contributed by atoms with Gasteiger partial charge in [-0.15, -0.1) is 0 Å². The Morgan fingerprint density at radius 3 is 2.41 bits per heavy atom. The van der Waals surface area contributed by atoms with Crippen LogP contribution in [0.15, 0.2) is 77.9 Å². The summed E-state index contributed by atoms with van der Waals surface area (Å²) in [7, 11) is 0. The highest BCUT2D eigenvalue weighted by Gasteiger charge is 2.21. The fourth-order valence-corrected chi connectivity index (χ4v) is 4.47. The molecule has 0 spiro atoms. The van der Waals surface area contributed by atoms with Crippen molar-refractivity contribution >= 4 is 27.6 Å². The summed E-state index contributed by atoms with van der Waals surface area (Å²) in [6.45, 7) is 4.38. The third-order valence-electron chi connectivity index (χ3n) is 6.30. The van der Waals surface area contributed by atoms with Crippen LogP contribution in [0.1, 0.15) is 12.0 Å². The van der Waals surface area contributed by atoms with Crippen molar-refractivity contribution in [2.45, 2.75) is 19.5 Å². The molecule has 4 aromatic rings. The monoisotopic (exact) mass is 426 g/mol. The highest BCUT2D eigenvalue weighted by Crippen LogP contribution is 2.20. The first-order valence-corrected chi connectivity index (χ1v) is 11.1. The molecule has 32 heavy (non-hydrogen) atoms.